The predicted molar refractivity (Wildman–Crippen MR) is 93.3 cm³/mol. The second-order valence-electron chi connectivity index (χ2n) is 6.39. The lowest BCUT2D eigenvalue weighted by Gasteiger charge is -2.22. The number of nitrogens with zero attached hydrogens (tertiary/aromatic N) is 4. The molecular formula is C17H22N4O2S. The van der Waals surface area contributed by atoms with E-state index in [4.69, 9.17) is 9.72 Å². The Balaban J connectivity index is 1.67. The third-order valence-electron chi connectivity index (χ3n) is 4.84. The van der Waals surface area contributed by atoms with Gasteiger partial charge < -0.3 is 4.74 Å². The Hall–Kier alpha value is -1.73. The molecule has 2 aromatic heterocycles. The number of hydrogen-bond acceptors (Lipinski definition) is 5. The highest BCUT2D eigenvalue weighted by Crippen LogP contribution is 2.39. The van der Waals surface area contributed by atoms with Crippen molar-refractivity contribution >= 4 is 22.4 Å². The Morgan fingerprint density at radius 2 is 2.38 bits per heavy atom. The van der Waals surface area contributed by atoms with E-state index in [0.717, 1.165) is 48.7 Å². The lowest BCUT2D eigenvalue weighted by molar-refractivity contribution is -0.118. The van der Waals surface area contributed by atoms with Gasteiger partial charge in [0.2, 0.25) is 5.91 Å². The Labute approximate surface area is 145 Å². The summed E-state index contributed by atoms with van der Waals surface area (Å²) in [5, 5.41) is 5.17. The number of amides is 1. The molecule has 0 radical (unpaired) electrons. The number of thiazole rings is 1. The molecule has 0 saturated carbocycles. The van der Waals surface area contributed by atoms with E-state index in [1.54, 1.807) is 11.3 Å². The van der Waals surface area contributed by atoms with Crippen LogP contribution in [-0.4, -0.2) is 39.9 Å². The van der Waals surface area contributed by atoms with Crippen LogP contribution in [0.3, 0.4) is 0 Å². The smallest absolute Gasteiger partial charge is 0.228 e. The quantitative estimate of drug-likeness (QED) is 0.854. The number of hydrogen-bond donors (Lipinski definition) is 0. The summed E-state index contributed by atoms with van der Waals surface area (Å²) in [4.78, 5) is 20.4. The zero-order valence-electron chi connectivity index (χ0n) is 14.1. The fourth-order valence-corrected chi connectivity index (χ4v) is 4.59. The van der Waals surface area contributed by atoms with E-state index < -0.39 is 0 Å². The summed E-state index contributed by atoms with van der Waals surface area (Å²) in [5.41, 5.74) is 3.35. The maximum Gasteiger partial charge on any atom is 0.228 e. The van der Waals surface area contributed by atoms with Gasteiger partial charge in [-0.2, -0.15) is 5.10 Å². The summed E-state index contributed by atoms with van der Waals surface area (Å²) in [6.07, 6.45) is 6.55. The third-order valence-corrected chi connectivity index (χ3v) is 5.97. The number of aromatic nitrogens is 3. The fourth-order valence-electron chi connectivity index (χ4n) is 3.49. The molecule has 0 bridgehead atoms. The lowest BCUT2D eigenvalue weighted by Crippen LogP contribution is -2.37. The first kappa shape index (κ1) is 15.8. The second kappa shape index (κ2) is 6.29. The number of rotatable bonds is 4. The van der Waals surface area contributed by atoms with Crippen LogP contribution in [0.4, 0.5) is 5.13 Å². The van der Waals surface area contributed by atoms with Gasteiger partial charge in [0.05, 0.1) is 24.5 Å². The average molecular weight is 346 g/mol. The molecule has 0 spiro atoms. The van der Waals surface area contributed by atoms with Crippen molar-refractivity contribution in [1.82, 2.24) is 14.8 Å². The van der Waals surface area contributed by atoms with Gasteiger partial charge in [-0.25, -0.2) is 4.98 Å². The molecule has 7 heteroatoms. The number of aryl methyl sites for hydroxylation is 2. The van der Waals surface area contributed by atoms with Gasteiger partial charge in [0.1, 0.15) is 0 Å². The summed E-state index contributed by atoms with van der Waals surface area (Å²) in [6.45, 7) is 3.31. The molecule has 1 saturated heterocycles. The molecule has 24 heavy (non-hydrogen) atoms. The standard InChI is InChI=1S/C17H22N4O2S/c1-3-15(22)21(10-11-5-4-8-23-11)17-19-16-12-9-18-20(2)13(12)6-7-14(16)24-17/h9,11H,3-8,10H2,1-2H3/t11-/m1/s1. The van der Waals surface area contributed by atoms with Crippen LogP contribution < -0.4 is 4.90 Å². The Kier molecular flexibility index (Phi) is 4.14. The molecule has 2 aromatic rings. The highest BCUT2D eigenvalue weighted by molar-refractivity contribution is 7.16. The normalized spacial score (nSPS) is 19.2. The van der Waals surface area contributed by atoms with Gasteiger partial charge in [-0.15, -0.1) is 11.3 Å². The van der Waals surface area contributed by atoms with E-state index in [0.29, 0.717) is 13.0 Å². The second-order valence-corrected chi connectivity index (χ2v) is 7.45. The Morgan fingerprint density at radius 3 is 3.12 bits per heavy atom. The first-order valence-electron chi connectivity index (χ1n) is 8.60. The summed E-state index contributed by atoms with van der Waals surface area (Å²) in [7, 11) is 1.97. The molecule has 1 fully saturated rings. The molecule has 128 valence electrons. The van der Waals surface area contributed by atoms with Gasteiger partial charge in [-0.3, -0.25) is 14.4 Å². The Bertz CT molecular complexity index is 761. The summed E-state index contributed by atoms with van der Waals surface area (Å²) in [6, 6.07) is 0. The van der Waals surface area contributed by atoms with Crippen LogP contribution in [0.25, 0.3) is 11.3 Å². The number of anilines is 1. The molecule has 4 rings (SSSR count). The van der Waals surface area contributed by atoms with Gasteiger partial charge >= 0.3 is 0 Å². The van der Waals surface area contributed by atoms with E-state index >= 15 is 0 Å². The number of ether oxygens (including phenoxy) is 1. The maximum absolute atomic E-state index is 12.5. The maximum atomic E-state index is 12.5. The average Bonchev–Trinajstić information content (AvgIpc) is 3.31. The molecule has 6 nitrogen and oxygen atoms in total. The minimum Gasteiger partial charge on any atom is -0.376 e. The third kappa shape index (κ3) is 2.65. The van der Waals surface area contributed by atoms with Crippen molar-refractivity contribution < 1.29 is 9.53 Å². The van der Waals surface area contributed by atoms with Crippen LogP contribution >= 0.6 is 11.3 Å². The van der Waals surface area contributed by atoms with Gasteiger partial charge in [0.15, 0.2) is 5.13 Å². The van der Waals surface area contributed by atoms with Crippen molar-refractivity contribution in [2.45, 2.75) is 45.1 Å². The van der Waals surface area contributed by atoms with Gasteiger partial charge in [0.25, 0.3) is 0 Å². The van der Waals surface area contributed by atoms with Crippen molar-refractivity contribution in [3.63, 3.8) is 0 Å². The zero-order valence-corrected chi connectivity index (χ0v) is 14.9. The molecule has 0 N–H and O–H groups in total. The van der Waals surface area contributed by atoms with Crippen molar-refractivity contribution in [3.8, 4) is 11.3 Å². The van der Waals surface area contributed by atoms with Gasteiger partial charge in [-0.1, -0.05) is 6.92 Å². The first-order chi connectivity index (χ1) is 11.7. The minimum atomic E-state index is 0.114. The van der Waals surface area contributed by atoms with Crippen molar-refractivity contribution in [2.24, 2.45) is 7.05 Å². The van der Waals surface area contributed by atoms with E-state index in [1.807, 2.05) is 29.7 Å². The van der Waals surface area contributed by atoms with Crippen LogP contribution in [0.2, 0.25) is 0 Å². The summed E-state index contributed by atoms with van der Waals surface area (Å²) >= 11 is 1.64. The predicted octanol–water partition coefficient (Wildman–Crippen LogP) is 2.56. The monoisotopic (exact) mass is 346 g/mol. The van der Waals surface area contributed by atoms with E-state index in [2.05, 4.69) is 5.10 Å². The van der Waals surface area contributed by atoms with Crippen LogP contribution in [-0.2, 0) is 29.4 Å². The van der Waals surface area contributed by atoms with E-state index in [1.165, 1.54) is 10.6 Å². The largest absolute Gasteiger partial charge is 0.376 e. The minimum absolute atomic E-state index is 0.114. The van der Waals surface area contributed by atoms with Crippen LogP contribution in [0.15, 0.2) is 6.20 Å². The van der Waals surface area contributed by atoms with E-state index in [9.17, 15) is 4.79 Å². The van der Waals surface area contributed by atoms with Crippen molar-refractivity contribution in [3.05, 3.63) is 16.8 Å². The van der Waals surface area contributed by atoms with Gasteiger partial charge in [0, 0.05) is 36.2 Å². The number of carbonyl (C=O) groups excluding carboxylic acids is 1. The lowest BCUT2D eigenvalue weighted by atomic mass is 10.0. The van der Waals surface area contributed by atoms with E-state index in [-0.39, 0.29) is 12.0 Å². The Morgan fingerprint density at radius 1 is 1.50 bits per heavy atom. The fraction of sp³-hybridized carbons (Fsp3) is 0.588. The van der Waals surface area contributed by atoms with Crippen LogP contribution in [0.1, 0.15) is 36.8 Å². The summed E-state index contributed by atoms with van der Waals surface area (Å²) < 4.78 is 7.66. The molecule has 2 aliphatic rings. The van der Waals surface area contributed by atoms with Crippen molar-refractivity contribution in [2.75, 3.05) is 18.1 Å². The number of carbonyl (C=O) groups is 1. The highest BCUT2D eigenvalue weighted by Gasteiger charge is 2.29. The molecule has 3 heterocycles. The zero-order chi connectivity index (χ0) is 16.7. The van der Waals surface area contributed by atoms with Gasteiger partial charge in [-0.05, 0) is 25.7 Å². The number of fused-ring (bicyclic) bond motifs is 3. The molecule has 1 amide bonds. The molecule has 1 atom stereocenters. The molecule has 1 aliphatic carbocycles. The topological polar surface area (TPSA) is 60.3 Å². The molecular weight excluding hydrogens is 324 g/mol. The first-order valence-corrected chi connectivity index (χ1v) is 9.42. The van der Waals surface area contributed by atoms with Crippen molar-refractivity contribution in [1.29, 1.82) is 0 Å². The summed E-state index contributed by atoms with van der Waals surface area (Å²) in [5.74, 6) is 0.114. The molecule has 1 aliphatic heterocycles. The van der Waals surface area contributed by atoms with Crippen LogP contribution in [0.5, 0.6) is 0 Å². The molecule has 0 aromatic carbocycles. The SMILES string of the molecule is CCC(=O)N(C[C@H]1CCCO1)c1nc2c(s1)CCc1c-2cnn1C. The van der Waals surface area contributed by atoms with Crippen LogP contribution in [0, 0.1) is 0 Å². The molecule has 0 unspecified atom stereocenters. The highest BCUT2D eigenvalue weighted by atomic mass is 32.1.